The number of rotatable bonds is 4. The van der Waals surface area contributed by atoms with E-state index >= 15 is 0 Å². The van der Waals surface area contributed by atoms with Crippen LogP contribution in [-0.4, -0.2) is 30.9 Å². The van der Waals surface area contributed by atoms with E-state index in [1.54, 1.807) is 7.11 Å². The van der Waals surface area contributed by atoms with Gasteiger partial charge in [-0.05, 0) is 48.8 Å². The monoisotopic (exact) mass is 371 g/mol. The lowest BCUT2D eigenvalue weighted by Gasteiger charge is -2.36. The fraction of sp³-hybridized carbons (Fsp3) is 0.562. The maximum atomic E-state index is 11.7. The Morgan fingerprint density at radius 1 is 1.27 bits per heavy atom. The first-order valence-electron chi connectivity index (χ1n) is 7.27. The van der Waals surface area contributed by atoms with Crippen molar-refractivity contribution in [3.05, 3.63) is 22.7 Å². The zero-order chi connectivity index (χ0) is 16.3. The summed E-state index contributed by atoms with van der Waals surface area (Å²) in [4.78, 5) is 11.7. The van der Waals surface area contributed by atoms with Crippen molar-refractivity contribution in [2.75, 3.05) is 7.11 Å². The first-order chi connectivity index (χ1) is 10.3. The van der Waals surface area contributed by atoms with E-state index in [1.807, 2.05) is 39.0 Å². The number of hydrogen-bond donors (Lipinski definition) is 1. The van der Waals surface area contributed by atoms with Crippen LogP contribution in [-0.2, 0) is 4.74 Å². The molecule has 22 heavy (non-hydrogen) atoms. The minimum atomic E-state index is -0.477. The summed E-state index contributed by atoms with van der Waals surface area (Å²) in [6.45, 7) is 5.54. The van der Waals surface area contributed by atoms with E-state index in [4.69, 9.17) is 14.2 Å². The number of amides is 1. The van der Waals surface area contributed by atoms with Crippen molar-refractivity contribution < 1.29 is 19.0 Å². The predicted molar refractivity (Wildman–Crippen MR) is 87.5 cm³/mol. The van der Waals surface area contributed by atoms with Gasteiger partial charge in [0.1, 0.15) is 27.7 Å². The molecule has 122 valence electrons. The average molecular weight is 372 g/mol. The molecular weight excluding hydrogens is 350 g/mol. The van der Waals surface area contributed by atoms with Crippen molar-refractivity contribution in [1.29, 1.82) is 0 Å². The van der Waals surface area contributed by atoms with Gasteiger partial charge in [0.05, 0.1) is 7.11 Å². The zero-order valence-corrected chi connectivity index (χ0v) is 14.9. The summed E-state index contributed by atoms with van der Waals surface area (Å²) < 4.78 is 17.2. The number of halogens is 1. The molecule has 0 atom stereocenters. The molecule has 0 unspecified atom stereocenters. The van der Waals surface area contributed by atoms with E-state index < -0.39 is 5.60 Å². The smallest absolute Gasteiger partial charge is 0.407 e. The molecular formula is C16H22BrNO4. The van der Waals surface area contributed by atoms with Crippen LogP contribution in [0.3, 0.4) is 0 Å². The van der Waals surface area contributed by atoms with Gasteiger partial charge in [0.2, 0.25) is 0 Å². The Kier molecular flexibility index (Phi) is 5.21. The number of ether oxygens (including phenoxy) is 3. The standard InChI is InChI=1S/C16H22BrNO4/c1-16(2,3)22-15(19)18-10-8-11(9-10)21-13-7-5-6-12(20-4)14(13)17/h5-7,10-11H,8-9H2,1-4H3,(H,18,19). The van der Waals surface area contributed by atoms with Gasteiger partial charge in [-0.3, -0.25) is 0 Å². The summed E-state index contributed by atoms with van der Waals surface area (Å²) in [6.07, 6.45) is 1.24. The topological polar surface area (TPSA) is 56.8 Å². The number of benzene rings is 1. The number of carbonyl (C=O) groups is 1. The van der Waals surface area contributed by atoms with Gasteiger partial charge in [0.15, 0.2) is 0 Å². The van der Waals surface area contributed by atoms with Crippen molar-refractivity contribution >= 4 is 22.0 Å². The highest BCUT2D eigenvalue weighted by Gasteiger charge is 2.33. The first-order valence-corrected chi connectivity index (χ1v) is 8.06. The number of methoxy groups -OCH3 is 1. The number of nitrogens with one attached hydrogen (secondary N) is 1. The first kappa shape index (κ1) is 16.9. The predicted octanol–water partition coefficient (Wildman–Crippen LogP) is 3.89. The molecule has 0 bridgehead atoms. The third kappa shape index (κ3) is 4.53. The lowest BCUT2D eigenvalue weighted by molar-refractivity contribution is 0.0361. The van der Waals surface area contributed by atoms with Crippen molar-refractivity contribution in [3.8, 4) is 11.5 Å². The molecule has 0 heterocycles. The van der Waals surface area contributed by atoms with Gasteiger partial charge in [-0.2, -0.15) is 0 Å². The second-order valence-corrected chi connectivity index (χ2v) is 7.12. The average Bonchev–Trinajstić information content (AvgIpc) is 2.36. The second kappa shape index (κ2) is 6.77. The van der Waals surface area contributed by atoms with Crippen LogP contribution in [0.5, 0.6) is 11.5 Å². The fourth-order valence-electron chi connectivity index (χ4n) is 2.17. The Bertz CT molecular complexity index is 535. The number of carbonyl (C=O) groups excluding carboxylic acids is 1. The Hall–Kier alpha value is -1.43. The molecule has 2 rings (SSSR count). The molecule has 1 aromatic rings. The molecule has 0 radical (unpaired) electrons. The molecule has 1 N–H and O–H groups in total. The molecule has 5 nitrogen and oxygen atoms in total. The summed E-state index contributed by atoms with van der Waals surface area (Å²) >= 11 is 3.47. The Morgan fingerprint density at radius 2 is 1.91 bits per heavy atom. The van der Waals surface area contributed by atoms with E-state index in [1.165, 1.54) is 0 Å². The van der Waals surface area contributed by atoms with Crippen LogP contribution < -0.4 is 14.8 Å². The minimum absolute atomic E-state index is 0.0864. The summed E-state index contributed by atoms with van der Waals surface area (Å²) in [5, 5.41) is 2.85. The maximum absolute atomic E-state index is 11.7. The molecule has 1 aliphatic carbocycles. The van der Waals surface area contributed by atoms with Gasteiger partial charge < -0.3 is 19.5 Å². The van der Waals surface area contributed by atoms with Crippen LogP contribution >= 0.6 is 15.9 Å². The number of hydrogen-bond acceptors (Lipinski definition) is 4. The van der Waals surface area contributed by atoms with Crippen LogP contribution in [0.2, 0.25) is 0 Å². The van der Waals surface area contributed by atoms with Gasteiger partial charge in [-0.25, -0.2) is 4.79 Å². The third-order valence-corrected chi connectivity index (χ3v) is 4.04. The highest BCUT2D eigenvalue weighted by atomic mass is 79.9. The van der Waals surface area contributed by atoms with Gasteiger partial charge in [0, 0.05) is 18.9 Å². The summed E-state index contributed by atoms with van der Waals surface area (Å²) in [6, 6.07) is 5.74. The molecule has 0 aliphatic heterocycles. The quantitative estimate of drug-likeness (QED) is 0.871. The summed E-state index contributed by atoms with van der Waals surface area (Å²) in [5.41, 5.74) is -0.477. The Morgan fingerprint density at radius 3 is 2.50 bits per heavy atom. The molecule has 1 aliphatic rings. The van der Waals surface area contributed by atoms with E-state index in [-0.39, 0.29) is 18.2 Å². The SMILES string of the molecule is COc1cccc(OC2CC(NC(=O)OC(C)(C)C)C2)c1Br. The Balaban J connectivity index is 1.79. The highest BCUT2D eigenvalue weighted by molar-refractivity contribution is 9.10. The molecule has 6 heteroatoms. The van der Waals surface area contributed by atoms with Gasteiger partial charge >= 0.3 is 6.09 Å². The van der Waals surface area contributed by atoms with E-state index in [0.717, 1.165) is 28.8 Å². The Labute approximate surface area is 139 Å². The number of alkyl carbamates (subject to hydrolysis) is 1. The molecule has 0 aromatic heterocycles. The van der Waals surface area contributed by atoms with Crippen molar-refractivity contribution in [2.45, 2.75) is 51.4 Å². The molecule has 1 saturated carbocycles. The van der Waals surface area contributed by atoms with Crippen molar-refractivity contribution in [3.63, 3.8) is 0 Å². The molecule has 0 spiro atoms. The molecule has 0 saturated heterocycles. The van der Waals surface area contributed by atoms with Gasteiger partial charge in [-0.1, -0.05) is 6.07 Å². The normalized spacial score (nSPS) is 20.8. The van der Waals surface area contributed by atoms with E-state index in [9.17, 15) is 4.79 Å². The molecule has 1 aromatic carbocycles. The van der Waals surface area contributed by atoms with E-state index in [0.29, 0.717) is 0 Å². The van der Waals surface area contributed by atoms with Crippen LogP contribution in [0.15, 0.2) is 22.7 Å². The maximum Gasteiger partial charge on any atom is 0.407 e. The van der Waals surface area contributed by atoms with Gasteiger partial charge in [0.25, 0.3) is 0 Å². The lowest BCUT2D eigenvalue weighted by Crippen LogP contribution is -2.50. The van der Waals surface area contributed by atoms with E-state index in [2.05, 4.69) is 21.2 Å². The fourth-order valence-corrected chi connectivity index (χ4v) is 2.69. The summed E-state index contributed by atoms with van der Waals surface area (Å²) in [7, 11) is 1.62. The van der Waals surface area contributed by atoms with Crippen LogP contribution in [0, 0.1) is 0 Å². The van der Waals surface area contributed by atoms with Crippen LogP contribution in [0.25, 0.3) is 0 Å². The summed E-state index contributed by atoms with van der Waals surface area (Å²) in [5.74, 6) is 1.49. The highest BCUT2D eigenvalue weighted by Crippen LogP contribution is 2.36. The molecule has 1 fully saturated rings. The lowest BCUT2D eigenvalue weighted by atomic mass is 9.89. The van der Waals surface area contributed by atoms with Crippen molar-refractivity contribution in [1.82, 2.24) is 5.32 Å². The van der Waals surface area contributed by atoms with Gasteiger partial charge in [-0.15, -0.1) is 0 Å². The minimum Gasteiger partial charge on any atom is -0.495 e. The molecule has 1 amide bonds. The zero-order valence-electron chi connectivity index (χ0n) is 13.3. The van der Waals surface area contributed by atoms with Crippen LogP contribution in [0.1, 0.15) is 33.6 Å². The third-order valence-electron chi connectivity index (χ3n) is 3.26. The van der Waals surface area contributed by atoms with Crippen LogP contribution in [0.4, 0.5) is 4.79 Å². The second-order valence-electron chi connectivity index (χ2n) is 6.33. The largest absolute Gasteiger partial charge is 0.495 e. The van der Waals surface area contributed by atoms with Crippen molar-refractivity contribution in [2.24, 2.45) is 0 Å².